The fourth-order valence-electron chi connectivity index (χ4n) is 5.57. The second kappa shape index (κ2) is 14.8. The lowest BCUT2D eigenvalue weighted by Crippen LogP contribution is -2.22. The van der Waals surface area contributed by atoms with Crippen LogP contribution in [0.15, 0.2) is 137 Å². The molecule has 0 aliphatic heterocycles. The summed E-state index contributed by atoms with van der Waals surface area (Å²) in [7, 11) is -8.49. The average molecular weight is 704 g/mol. The van der Waals surface area contributed by atoms with Gasteiger partial charge in [-0.1, -0.05) is 66.2 Å². The summed E-state index contributed by atoms with van der Waals surface area (Å²) in [4.78, 5) is 1.90. The van der Waals surface area contributed by atoms with Crippen LogP contribution in [0.4, 0.5) is 5.69 Å². The Bertz CT molecular complexity index is 2120. The van der Waals surface area contributed by atoms with E-state index in [1.807, 2.05) is 24.3 Å². The molecule has 5 rings (SSSR count). The maximum atomic E-state index is 11.4. The standard InChI is InChI=1S/C37H35ClN2O6S2/c1-3-39(25-27-9-21-33(22-10-27)47(41,42)43)31-17-13-29(14-18-31)37(35-7-5-6-8-36(35)38)30-15-19-32(20-16-30)40(4-2)26-28-11-23-34(24-12-28)48(44,45)46/h5-24H,3-4,25-26H2,1-2H3,(H-,41,42,43,44,45,46)/p+1. The molecule has 0 bridgehead atoms. The van der Waals surface area contributed by atoms with Gasteiger partial charge in [0.2, 0.25) is 0 Å². The monoisotopic (exact) mass is 703 g/mol. The molecule has 0 radical (unpaired) electrons. The van der Waals surface area contributed by atoms with Gasteiger partial charge in [0.25, 0.3) is 20.2 Å². The predicted molar refractivity (Wildman–Crippen MR) is 191 cm³/mol. The van der Waals surface area contributed by atoms with Crippen LogP contribution in [0.5, 0.6) is 0 Å². The zero-order valence-electron chi connectivity index (χ0n) is 26.5. The van der Waals surface area contributed by atoms with E-state index in [9.17, 15) is 25.9 Å². The highest BCUT2D eigenvalue weighted by molar-refractivity contribution is 7.86. The largest absolute Gasteiger partial charge is 0.367 e. The normalized spacial score (nSPS) is 13.1. The number of rotatable bonds is 11. The van der Waals surface area contributed by atoms with Crippen LogP contribution in [0.2, 0.25) is 5.02 Å². The Labute approximate surface area is 287 Å². The van der Waals surface area contributed by atoms with Crippen molar-refractivity contribution >= 4 is 48.8 Å². The molecule has 0 unspecified atom stereocenters. The molecule has 11 heteroatoms. The van der Waals surface area contributed by atoms with E-state index in [1.165, 1.54) is 24.3 Å². The van der Waals surface area contributed by atoms with Crippen LogP contribution < -0.4 is 4.90 Å². The Morgan fingerprint density at radius 1 is 0.708 bits per heavy atom. The highest BCUT2D eigenvalue weighted by atomic mass is 35.5. The molecule has 4 aromatic carbocycles. The fourth-order valence-corrected chi connectivity index (χ4v) is 6.76. The molecule has 0 heterocycles. The van der Waals surface area contributed by atoms with Crippen LogP contribution in [0.3, 0.4) is 0 Å². The molecule has 0 spiro atoms. The first kappa shape index (κ1) is 35.0. The van der Waals surface area contributed by atoms with Crippen molar-refractivity contribution in [3.05, 3.63) is 154 Å². The van der Waals surface area contributed by atoms with Crippen molar-refractivity contribution in [2.45, 2.75) is 36.7 Å². The molecule has 0 atom stereocenters. The van der Waals surface area contributed by atoms with Crippen LogP contribution >= 0.6 is 11.6 Å². The summed E-state index contributed by atoms with van der Waals surface area (Å²) in [6.45, 7) is 6.67. The average Bonchev–Trinajstić information content (AvgIpc) is 3.07. The first-order valence-corrected chi connectivity index (χ1v) is 18.6. The summed E-state index contributed by atoms with van der Waals surface area (Å²) in [6.07, 6.45) is 8.26. The van der Waals surface area contributed by atoms with Crippen molar-refractivity contribution in [3.8, 4) is 0 Å². The van der Waals surface area contributed by atoms with Crippen LogP contribution in [0.1, 0.15) is 36.1 Å². The van der Waals surface area contributed by atoms with E-state index >= 15 is 0 Å². The van der Waals surface area contributed by atoms with Gasteiger partial charge in [0.05, 0.1) is 9.79 Å². The van der Waals surface area contributed by atoms with Gasteiger partial charge >= 0.3 is 0 Å². The molecule has 4 aromatic rings. The number of hydrogen-bond donors (Lipinski definition) is 2. The van der Waals surface area contributed by atoms with Gasteiger partial charge in [-0.3, -0.25) is 9.11 Å². The molecule has 0 amide bonds. The summed E-state index contributed by atoms with van der Waals surface area (Å²) in [5, 5.41) is 0.632. The Hall–Kier alpha value is -4.32. The Morgan fingerprint density at radius 3 is 1.75 bits per heavy atom. The van der Waals surface area contributed by atoms with Gasteiger partial charge in [-0.05, 0) is 90.7 Å². The van der Waals surface area contributed by atoms with Gasteiger partial charge in [-0.25, -0.2) is 4.58 Å². The fraction of sp³-hybridized carbons (Fsp3) is 0.162. The lowest BCUT2D eigenvalue weighted by molar-refractivity contribution is -0.539. The molecular weight excluding hydrogens is 668 g/mol. The van der Waals surface area contributed by atoms with E-state index in [-0.39, 0.29) is 9.79 Å². The molecular formula is C37H36ClN2O6S2+. The van der Waals surface area contributed by atoms with Crippen molar-refractivity contribution in [3.63, 3.8) is 0 Å². The van der Waals surface area contributed by atoms with Gasteiger partial charge in [0.15, 0.2) is 12.3 Å². The summed E-state index contributed by atoms with van der Waals surface area (Å²) in [5.74, 6) is 0. The topological polar surface area (TPSA) is 115 Å². The molecule has 1 aliphatic rings. The van der Waals surface area contributed by atoms with Gasteiger partial charge in [0, 0.05) is 47.1 Å². The van der Waals surface area contributed by atoms with Crippen LogP contribution in [0.25, 0.3) is 5.57 Å². The second-order valence-electron chi connectivity index (χ2n) is 11.2. The third-order valence-corrected chi connectivity index (χ3v) is 10.2. The van der Waals surface area contributed by atoms with E-state index in [0.717, 1.165) is 57.9 Å². The molecule has 0 aromatic heterocycles. The quantitative estimate of drug-likeness (QED) is 0.123. The van der Waals surface area contributed by atoms with E-state index in [1.54, 1.807) is 24.3 Å². The minimum Gasteiger partial charge on any atom is -0.367 e. The first-order chi connectivity index (χ1) is 22.9. The smallest absolute Gasteiger partial charge is 0.294 e. The first-order valence-electron chi connectivity index (χ1n) is 15.3. The maximum absolute atomic E-state index is 11.4. The highest BCUT2D eigenvalue weighted by Crippen LogP contribution is 2.35. The molecule has 48 heavy (non-hydrogen) atoms. The Balaban J connectivity index is 1.44. The van der Waals surface area contributed by atoms with Gasteiger partial charge < -0.3 is 4.90 Å². The third-order valence-electron chi connectivity index (χ3n) is 8.14. The van der Waals surface area contributed by atoms with E-state index in [0.29, 0.717) is 18.1 Å². The van der Waals surface area contributed by atoms with Crippen molar-refractivity contribution in [1.29, 1.82) is 0 Å². The summed E-state index contributed by atoms with van der Waals surface area (Å²) in [5.41, 5.74) is 7.66. The van der Waals surface area contributed by atoms with E-state index in [4.69, 9.17) is 11.6 Å². The number of hydrogen-bond acceptors (Lipinski definition) is 5. The number of allylic oxidation sites excluding steroid dienone is 5. The summed E-state index contributed by atoms with van der Waals surface area (Å²) >= 11 is 6.74. The number of benzene rings is 4. The lowest BCUT2D eigenvalue weighted by Gasteiger charge is -2.24. The lowest BCUT2D eigenvalue weighted by atomic mass is 9.90. The van der Waals surface area contributed by atoms with Crippen LogP contribution in [-0.2, 0) is 33.3 Å². The molecule has 0 fully saturated rings. The number of anilines is 1. The predicted octanol–water partition coefficient (Wildman–Crippen LogP) is 7.46. The number of nitrogens with zero attached hydrogens (tertiary/aromatic N) is 2. The molecule has 8 nitrogen and oxygen atoms in total. The zero-order valence-corrected chi connectivity index (χ0v) is 28.9. The van der Waals surface area contributed by atoms with Gasteiger partial charge in [-0.2, -0.15) is 16.8 Å². The Kier molecular flexibility index (Phi) is 10.8. The van der Waals surface area contributed by atoms with Crippen molar-refractivity contribution in [1.82, 2.24) is 0 Å². The van der Waals surface area contributed by atoms with Crippen molar-refractivity contribution < 1.29 is 30.5 Å². The molecule has 1 aliphatic carbocycles. The maximum Gasteiger partial charge on any atom is 0.294 e. The minimum atomic E-state index is -4.25. The Morgan fingerprint density at radius 2 is 1.25 bits per heavy atom. The SMILES string of the molecule is CCN(Cc1ccc(S(=O)(=O)O)cc1)c1ccc(C(=C2C=CC(=[N+](CC)Cc3ccc(S(=O)(=O)O)cc3)C=C2)c2ccccc2Cl)cc1. The minimum absolute atomic E-state index is 0.134. The van der Waals surface area contributed by atoms with Crippen molar-refractivity contribution in [2.75, 3.05) is 18.0 Å². The molecule has 2 N–H and O–H groups in total. The van der Waals surface area contributed by atoms with E-state index in [2.05, 4.69) is 71.9 Å². The van der Waals surface area contributed by atoms with Crippen LogP contribution in [0, 0.1) is 0 Å². The molecule has 0 saturated carbocycles. The van der Waals surface area contributed by atoms with Crippen molar-refractivity contribution in [2.24, 2.45) is 0 Å². The molecule has 0 saturated heterocycles. The van der Waals surface area contributed by atoms with Crippen LogP contribution in [-0.4, -0.2) is 49.3 Å². The summed E-state index contributed by atoms with van der Waals surface area (Å²) in [6, 6.07) is 28.4. The van der Waals surface area contributed by atoms with E-state index < -0.39 is 20.2 Å². The number of halogens is 1. The van der Waals surface area contributed by atoms with Gasteiger partial charge in [-0.15, -0.1) is 0 Å². The third kappa shape index (κ3) is 8.39. The summed E-state index contributed by atoms with van der Waals surface area (Å²) < 4.78 is 66.5. The second-order valence-corrected chi connectivity index (χ2v) is 14.5. The molecule has 248 valence electrons. The van der Waals surface area contributed by atoms with Gasteiger partial charge in [0.1, 0.15) is 6.54 Å². The zero-order chi connectivity index (χ0) is 34.5. The highest BCUT2D eigenvalue weighted by Gasteiger charge is 2.18.